The first-order valence-corrected chi connectivity index (χ1v) is 9.02. The van der Waals surface area contributed by atoms with E-state index in [1.54, 1.807) is 0 Å². The van der Waals surface area contributed by atoms with Crippen LogP contribution in [0.25, 0.3) is 0 Å². The Morgan fingerprint density at radius 3 is 2.56 bits per heavy atom. The predicted octanol–water partition coefficient (Wildman–Crippen LogP) is 4.86. The minimum absolute atomic E-state index is 0.496. The van der Waals surface area contributed by atoms with E-state index in [1.807, 2.05) is 0 Å². The standard InChI is InChI=1S/C16H33NS/c1-5-8-10-14(6-2)13-15(17-7-3)16(4)11-9-12-18-16/h14-15,17H,5-13H2,1-4H3. The molecule has 0 aromatic rings. The largest absolute Gasteiger partial charge is 0.313 e. The molecule has 0 spiro atoms. The van der Waals surface area contributed by atoms with Gasteiger partial charge in [-0.25, -0.2) is 0 Å². The minimum atomic E-state index is 0.496. The average molecular weight is 272 g/mol. The summed E-state index contributed by atoms with van der Waals surface area (Å²) in [5.74, 6) is 2.29. The third-order valence-corrected chi connectivity index (χ3v) is 6.19. The summed E-state index contributed by atoms with van der Waals surface area (Å²) in [7, 11) is 0. The summed E-state index contributed by atoms with van der Waals surface area (Å²) in [6, 6.07) is 0.719. The highest BCUT2D eigenvalue weighted by molar-refractivity contribution is 8.00. The van der Waals surface area contributed by atoms with Crippen molar-refractivity contribution in [3.8, 4) is 0 Å². The van der Waals surface area contributed by atoms with Crippen molar-refractivity contribution in [3.05, 3.63) is 0 Å². The summed E-state index contributed by atoms with van der Waals surface area (Å²) >= 11 is 2.21. The molecule has 1 aliphatic rings. The van der Waals surface area contributed by atoms with Crippen molar-refractivity contribution in [2.45, 2.75) is 83.4 Å². The molecule has 1 heterocycles. The van der Waals surface area contributed by atoms with Gasteiger partial charge in [-0.3, -0.25) is 0 Å². The third-order valence-electron chi connectivity index (χ3n) is 4.55. The second-order valence-electron chi connectivity index (χ2n) is 6.03. The van der Waals surface area contributed by atoms with E-state index in [2.05, 4.69) is 44.8 Å². The van der Waals surface area contributed by atoms with Gasteiger partial charge in [0.25, 0.3) is 0 Å². The van der Waals surface area contributed by atoms with E-state index in [-0.39, 0.29) is 0 Å². The van der Waals surface area contributed by atoms with E-state index in [0.29, 0.717) is 4.75 Å². The molecule has 1 saturated heterocycles. The van der Waals surface area contributed by atoms with E-state index >= 15 is 0 Å². The van der Waals surface area contributed by atoms with Crippen molar-refractivity contribution in [2.75, 3.05) is 12.3 Å². The van der Waals surface area contributed by atoms with Crippen molar-refractivity contribution in [1.82, 2.24) is 5.32 Å². The topological polar surface area (TPSA) is 12.0 Å². The molecule has 3 atom stereocenters. The van der Waals surface area contributed by atoms with Crippen LogP contribution in [0.2, 0.25) is 0 Å². The highest BCUT2D eigenvalue weighted by Crippen LogP contribution is 2.42. The molecule has 0 radical (unpaired) electrons. The van der Waals surface area contributed by atoms with Gasteiger partial charge in [-0.2, -0.15) is 11.8 Å². The molecule has 2 heteroatoms. The molecule has 0 bridgehead atoms. The zero-order valence-electron chi connectivity index (χ0n) is 12.9. The maximum absolute atomic E-state index is 3.79. The van der Waals surface area contributed by atoms with Crippen LogP contribution < -0.4 is 5.32 Å². The molecule has 1 rings (SSSR count). The second kappa shape index (κ2) is 8.47. The molecule has 1 aliphatic heterocycles. The Morgan fingerprint density at radius 1 is 1.28 bits per heavy atom. The summed E-state index contributed by atoms with van der Waals surface area (Å²) in [5.41, 5.74) is 0. The van der Waals surface area contributed by atoms with Crippen LogP contribution in [0, 0.1) is 5.92 Å². The molecule has 1 nitrogen and oxygen atoms in total. The van der Waals surface area contributed by atoms with Crippen molar-refractivity contribution in [2.24, 2.45) is 5.92 Å². The fraction of sp³-hybridized carbons (Fsp3) is 1.00. The number of rotatable bonds is 9. The summed E-state index contributed by atoms with van der Waals surface area (Å²) < 4.78 is 0.496. The third kappa shape index (κ3) is 4.77. The lowest BCUT2D eigenvalue weighted by molar-refractivity contribution is 0.306. The van der Waals surface area contributed by atoms with E-state index in [0.717, 1.165) is 18.5 Å². The van der Waals surface area contributed by atoms with Crippen LogP contribution in [0.3, 0.4) is 0 Å². The highest BCUT2D eigenvalue weighted by atomic mass is 32.2. The second-order valence-corrected chi connectivity index (χ2v) is 7.66. The lowest BCUT2D eigenvalue weighted by atomic mass is 9.85. The predicted molar refractivity (Wildman–Crippen MR) is 85.5 cm³/mol. The molecule has 18 heavy (non-hydrogen) atoms. The van der Waals surface area contributed by atoms with Gasteiger partial charge in [-0.05, 0) is 44.4 Å². The molecule has 108 valence electrons. The van der Waals surface area contributed by atoms with Crippen LogP contribution in [-0.4, -0.2) is 23.1 Å². The molecule has 1 N–H and O–H groups in total. The number of thioether (sulfide) groups is 1. The first-order valence-electron chi connectivity index (χ1n) is 8.03. The highest BCUT2D eigenvalue weighted by Gasteiger charge is 2.37. The molecule has 3 unspecified atom stereocenters. The normalized spacial score (nSPS) is 27.3. The van der Waals surface area contributed by atoms with Crippen LogP contribution in [-0.2, 0) is 0 Å². The maximum atomic E-state index is 3.79. The van der Waals surface area contributed by atoms with Crippen LogP contribution in [0.15, 0.2) is 0 Å². The average Bonchev–Trinajstić information content (AvgIpc) is 2.81. The van der Waals surface area contributed by atoms with Gasteiger partial charge >= 0.3 is 0 Å². The van der Waals surface area contributed by atoms with Gasteiger partial charge in [-0.1, -0.05) is 46.5 Å². The van der Waals surface area contributed by atoms with Gasteiger partial charge in [0.05, 0.1) is 0 Å². The first-order chi connectivity index (χ1) is 8.66. The quantitative estimate of drug-likeness (QED) is 0.643. The monoisotopic (exact) mass is 271 g/mol. The van der Waals surface area contributed by atoms with E-state index < -0.39 is 0 Å². The van der Waals surface area contributed by atoms with E-state index in [4.69, 9.17) is 0 Å². The number of unbranched alkanes of at least 4 members (excludes halogenated alkanes) is 1. The summed E-state index contributed by atoms with van der Waals surface area (Å²) in [6.45, 7) is 10.5. The Hall–Kier alpha value is 0.310. The van der Waals surface area contributed by atoms with Gasteiger partial charge in [0.1, 0.15) is 0 Å². The molecular weight excluding hydrogens is 238 g/mol. The SMILES string of the molecule is CCCCC(CC)CC(NCC)C1(C)CCCS1. The molecule has 0 aliphatic carbocycles. The van der Waals surface area contributed by atoms with Crippen molar-refractivity contribution in [1.29, 1.82) is 0 Å². The van der Waals surface area contributed by atoms with Crippen LogP contribution in [0.1, 0.15) is 72.6 Å². The van der Waals surface area contributed by atoms with Crippen LogP contribution in [0.4, 0.5) is 0 Å². The van der Waals surface area contributed by atoms with Crippen molar-refractivity contribution in [3.63, 3.8) is 0 Å². The van der Waals surface area contributed by atoms with Crippen LogP contribution >= 0.6 is 11.8 Å². The summed E-state index contributed by atoms with van der Waals surface area (Å²) in [5, 5.41) is 3.79. The fourth-order valence-electron chi connectivity index (χ4n) is 3.19. The molecule has 0 saturated carbocycles. The minimum Gasteiger partial charge on any atom is -0.313 e. The Balaban J connectivity index is 2.54. The van der Waals surface area contributed by atoms with Gasteiger partial charge in [-0.15, -0.1) is 0 Å². The van der Waals surface area contributed by atoms with Gasteiger partial charge in [0.15, 0.2) is 0 Å². The summed E-state index contributed by atoms with van der Waals surface area (Å²) in [4.78, 5) is 0. The van der Waals surface area contributed by atoms with Crippen molar-refractivity contribution >= 4 is 11.8 Å². The number of hydrogen-bond donors (Lipinski definition) is 1. The maximum Gasteiger partial charge on any atom is 0.0285 e. The van der Waals surface area contributed by atoms with Crippen LogP contribution in [0.5, 0.6) is 0 Å². The zero-order valence-corrected chi connectivity index (χ0v) is 13.7. The van der Waals surface area contributed by atoms with Gasteiger partial charge in [0, 0.05) is 10.8 Å². The molecule has 0 amide bonds. The van der Waals surface area contributed by atoms with Gasteiger partial charge in [0.2, 0.25) is 0 Å². The Morgan fingerprint density at radius 2 is 2.06 bits per heavy atom. The number of nitrogens with one attached hydrogen (secondary N) is 1. The van der Waals surface area contributed by atoms with Gasteiger partial charge < -0.3 is 5.32 Å². The fourth-order valence-corrected chi connectivity index (χ4v) is 4.61. The smallest absolute Gasteiger partial charge is 0.0285 e. The zero-order chi connectivity index (χ0) is 13.4. The molecule has 0 aromatic carbocycles. The Kier molecular flexibility index (Phi) is 7.70. The Bertz CT molecular complexity index is 211. The lowest BCUT2D eigenvalue weighted by Crippen LogP contribution is -2.46. The Labute approximate surface area is 119 Å². The molecule has 0 aromatic heterocycles. The van der Waals surface area contributed by atoms with E-state index in [9.17, 15) is 0 Å². The summed E-state index contributed by atoms with van der Waals surface area (Å²) in [6.07, 6.45) is 9.72. The van der Waals surface area contributed by atoms with Crippen molar-refractivity contribution < 1.29 is 0 Å². The first kappa shape index (κ1) is 16.4. The number of hydrogen-bond acceptors (Lipinski definition) is 2. The lowest BCUT2D eigenvalue weighted by Gasteiger charge is -2.36. The molecular formula is C16H33NS. The molecule has 1 fully saturated rings. The van der Waals surface area contributed by atoms with E-state index in [1.165, 1.54) is 50.7 Å².